The number of phenolic OH excluding ortho intramolecular Hbond substituents is 1. The van der Waals surface area contributed by atoms with Gasteiger partial charge >= 0.3 is 0 Å². The molecule has 0 amide bonds. The van der Waals surface area contributed by atoms with Crippen molar-refractivity contribution in [2.75, 3.05) is 6.54 Å². The zero-order chi connectivity index (χ0) is 18.5. The van der Waals surface area contributed by atoms with Gasteiger partial charge in [-0.05, 0) is 29.8 Å². The lowest BCUT2D eigenvalue weighted by Gasteiger charge is -2.22. The van der Waals surface area contributed by atoms with Gasteiger partial charge in [-0.2, -0.15) is 0 Å². The van der Waals surface area contributed by atoms with E-state index in [9.17, 15) is 5.11 Å². The van der Waals surface area contributed by atoms with Gasteiger partial charge in [0.2, 0.25) is 0 Å². The molecule has 4 aromatic rings. The van der Waals surface area contributed by atoms with E-state index in [-0.39, 0.29) is 0 Å². The van der Waals surface area contributed by atoms with Gasteiger partial charge in [0.1, 0.15) is 5.75 Å². The highest BCUT2D eigenvalue weighted by Gasteiger charge is 2.13. The Labute approximate surface area is 159 Å². The third kappa shape index (κ3) is 4.18. The lowest BCUT2D eigenvalue weighted by atomic mass is 10.1. The number of aromatic nitrogens is 2. The predicted octanol–water partition coefficient (Wildman–Crippen LogP) is 4.51. The third-order valence-corrected chi connectivity index (χ3v) is 4.86. The fourth-order valence-corrected chi connectivity index (χ4v) is 3.42. The Morgan fingerprint density at radius 2 is 1.63 bits per heavy atom. The molecular formula is C23H23N3O. The fraction of sp³-hybridized carbons (Fsp3) is 0.174. The fourth-order valence-electron chi connectivity index (χ4n) is 3.42. The molecule has 136 valence electrons. The number of phenols is 1. The van der Waals surface area contributed by atoms with Crippen molar-refractivity contribution in [1.29, 1.82) is 0 Å². The van der Waals surface area contributed by atoms with Gasteiger partial charge in [-0.3, -0.25) is 9.88 Å². The van der Waals surface area contributed by atoms with Gasteiger partial charge in [-0.25, -0.2) is 0 Å². The number of aromatic hydroxyl groups is 1. The summed E-state index contributed by atoms with van der Waals surface area (Å²) in [4.78, 5) is 10.2. The Morgan fingerprint density at radius 3 is 2.48 bits per heavy atom. The summed E-state index contributed by atoms with van der Waals surface area (Å²) in [5.41, 5.74) is 4.44. The van der Waals surface area contributed by atoms with E-state index < -0.39 is 0 Å². The maximum absolute atomic E-state index is 10.2. The molecule has 2 heterocycles. The number of pyridine rings is 1. The minimum atomic E-state index is 0.347. The van der Waals surface area contributed by atoms with Crippen LogP contribution < -0.4 is 0 Å². The van der Waals surface area contributed by atoms with Gasteiger partial charge in [-0.1, -0.05) is 42.5 Å². The van der Waals surface area contributed by atoms with Crippen LogP contribution in [-0.2, 0) is 19.5 Å². The number of rotatable bonds is 7. The number of benzene rings is 2. The summed E-state index contributed by atoms with van der Waals surface area (Å²) >= 11 is 0. The molecule has 0 aliphatic rings. The monoisotopic (exact) mass is 357 g/mol. The molecule has 0 spiro atoms. The summed E-state index contributed by atoms with van der Waals surface area (Å²) in [6.07, 6.45) is 4.79. The van der Waals surface area contributed by atoms with Crippen LogP contribution in [0.3, 0.4) is 0 Å². The highest BCUT2D eigenvalue weighted by atomic mass is 16.3. The van der Waals surface area contributed by atoms with Crippen LogP contribution in [0.25, 0.3) is 10.9 Å². The average Bonchev–Trinajstić information content (AvgIpc) is 3.11. The molecular weight excluding hydrogens is 334 g/mol. The van der Waals surface area contributed by atoms with Crippen LogP contribution in [0.5, 0.6) is 5.75 Å². The van der Waals surface area contributed by atoms with E-state index in [0.29, 0.717) is 12.3 Å². The molecule has 0 aliphatic carbocycles. The minimum absolute atomic E-state index is 0.347. The van der Waals surface area contributed by atoms with E-state index in [0.717, 1.165) is 36.3 Å². The van der Waals surface area contributed by atoms with Gasteiger partial charge in [0.05, 0.1) is 0 Å². The number of hydrogen-bond donors (Lipinski definition) is 2. The maximum atomic E-state index is 10.2. The average molecular weight is 357 g/mol. The minimum Gasteiger partial charge on any atom is -0.508 e. The summed E-state index contributed by atoms with van der Waals surface area (Å²) in [5.74, 6) is 0.347. The molecule has 4 nitrogen and oxygen atoms in total. The third-order valence-electron chi connectivity index (χ3n) is 4.86. The smallest absolute Gasteiger partial charge is 0.120 e. The van der Waals surface area contributed by atoms with E-state index in [1.807, 2.05) is 42.6 Å². The molecule has 2 aromatic heterocycles. The van der Waals surface area contributed by atoms with Crippen molar-refractivity contribution >= 4 is 10.9 Å². The van der Waals surface area contributed by atoms with Crippen LogP contribution in [0.1, 0.15) is 16.8 Å². The van der Waals surface area contributed by atoms with Crippen molar-refractivity contribution < 1.29 is 5.11 Å². The first-order valence-electron chi connectivity index (χ1n) is 9.24. The Hall–Kier alpha value is -3.11. The molecule has 0 bridgehead atoms. The van der Waals surface area contributed by atoms with Crippen LogP contribution in [-0.4, -0.2) is 26.5 Å². The number of fused-ring (bicyclic) bond motifs is 1. The lowest BCUT2D eigenvalue weighted by Crippen LogP contribution is -2.25. The Kier molecular flexibility index (Phi) is 5.17. The predicted molar refractivity (Wildman–Crippen MR) is 108 cm³/mol. The molecule has 0 aliphatic heterocycles. The first-order chi connectivity index (χ1) is 13.3. The Balaban J connectivity index is 1.56. The number of hydrogen-bond acceptors (Lipinski definition) is 3. The molecule has 4 heteroatoms. The number of nitrogens with one attached hydrogen (secondary N) is 1. The van der Waals surface area contributed by atoms with E-state index in [1.54, 1.807) is 6.07 Å². The quantitative estimate of drug-likeness (QED) is 0.511. The van der Waals surface area contributed by atoms with Crippen LogP contribution >= 0.6 is 0 Å². The van der Waals surface area contributed by atoms with E-state index in [4.69, 9.17) is 0 Å². The SMILES string of the molecule is Oc1ccccc1CN(CCc1ccccn1)Cc1c[nH]c2ccccc12. The normalized spacial score (nSPS) is 11.3. The summed E-state index contributed by atoms with van der Waals surface area (Å²) < 4.78 is 0. The number of nitrogens with zero attached hydrogens (tertiary/aromatic N) is 2. The molecule has 0 saturated carbocycles. The van der Waals surface area contributed by atoms with Crippen molar-refractivity contribution in [2.45, 2.75) is 19.5 Å². The summed E-state index contributed by atoms with van der Waals surface area (Å²) in [7, 11) is 0. The van der Waals surface area contributed by atoms with Crippen molar-refractivity contribution in [3.05, 3.63) is 95.9 Å². The molecule has 0 fully saturated rings. The van der Waals surface area contributed by atoms with Crippen LogP contribution in [0, 0.1) is 0 Å². The number of H-pyrrole nitrogens is 1. The summed E-state index contributed by atoms with van der Waals surface area (Å²) in [6, 6.07) is 21.9. The van der Waals surface area contributed by atoms with E-state index in [1.165, 1.54) is 10.9 Å². The number of para-hydroxylation sites is 2. The summed E-state index contributed by atoms with van der Waals surface area (Å²) in [6.45, 7) is 2.37. The second-order valence-corrected chi connectivity index (χ2v) is 6.77. The van der Waals surface area contributed by atoms with Gasteiger partial charge in [0.25, 0.3) is 0 Å². The zero-order valence-corrected chi connectivity index (χ0v) is 15.2. The molecule has 2 aromatic carbocycles. The molecule has 0 saturated heterocycles. The Morgan fingerprint density at radius 1 is 0.852 bits per heavy atom. The second kappa shape index (κ2) is 8.06. The van der Waals surface area contributed by atoms with Crippen molar-refractivity contribution in [3.8, 4) is 5.75 Å². The molecule has 0 atom stereocenters. The first-order valence-corrected chi connectivity index (χ1v) is 9.24. The molecule has 0 unspecified atom stereocenters. The van der Waals surface area contributed by atoms with Crippen LogP contribution in [0.2, 0.25) is 0 Å². The molecule has 0 radical (unpaired) electrons. The lowest BCUT2D eigenvalue weighted by molar-refractivity contribution is 0.256. The highest BCUT2D eigenvalue weighted by molar-refractivity contribution is 5.82. The van der Waals surface area contributed by atoms with Gasteiger partial charge < -0.3 is 10.1 Å². The van der Waals surface area contributed by atoms with E-state index >= 15 is 0 Å². The van der Waals surface area contributed by atoms with Gasteiger partial charge in [0.15, 0.2) is 0 Å². The number of aromatic amines is 1. The second-order valence-electron chi connectivity index (χ2n) is 6.77. The molecule has 4 rings (SSSR count). The molecule has 27 heavy (non-hydrogen) atoms. The zero-order valence-electron chi connectivity index (χ0n) is 15.2. The summed E-state index contributed by atoms with van der Waals surface area (Å²) in [5, 5.41) is 11.4. The van der Waals surface area contributed by atoms with Gasteiger partial charge in [0, 0.05) is 60.6 Å². The van der Waals surface area contributed by atoms with Crippen LogP contribution in [0.4, 0.5) is 0 Å². The maximum Gasteiger partial charge on any atom is 0.120 e. The standard InChI is InChI=1S/C23H23N3O/c27-23-11-4-1-7-18(23)16-26(14-12-20-8-5-6-13-24-20)17-19-15-25-22-10-3-2-9-21(19)22/h1-11,13,15,25,27H,12,14,16-17H2. The Bertz CT molecular complexity index is 1010. The topological polar surface area (TPSA) is 52.1 Å². The largest absolute Gasteiger partial charge is 0.508 e. The van der Waals surface area contributed by atoms with Crippen LogP contribution in [0.15, 0.2) is 79.1 Å². The van der Waals surface area contributed by atoms with Crippen molar-refractivity contribution in [2.24, 2.45) is 0 Å². The van der Waals surface area contributed by atoms with Crippen molar-refractivity contribution in [3.63, 3.8) is 0 Å². The first kappa shape index (κ1) is 17.3. The highest BCUT2D eigenvalue weighted by Crippen LogP contribution is 2.23. The van der Waals surface area contributed by atoms with E-state index in [2.05, 4.69) is 45.3 Å². The molecule has 2 N–H and O–H groups in total. The van der Waals surface area contributed by atoms with Crippen molar-refractivity contribution in [1.82, 2.24) is 14.9 Å². The van der Waals surface area contributed by atoms with Gasteiger partial charge in [-0.15, -0.1) is 0 Å².